The van der Waals surface area contributed by atoms with Gasteiger partial charge in [-0.05, 0) is 41.9 Å². The molecule has 21 heavy (non-hydrogen) atoms. The minimum absolute atomic E-state index is 0.140. The summed E-state index contributed by atoms with van der Waals surface area (Å²) in [5.41, 5.74) is 2.26. The Kier molecular flexibility index (Phi) is 4.13. The zero-order chi connectivity index (χ0) is 14.7. The monoisotopic (exact) mass is 299 g/mol. The van der Waals surface area contributed by atoms with Crippen molar-refractivity contribution in [2.45, 2.75) is 12.5 Å². The predicted octanol–water partition coefficient (Wildman–Crippen LogP) is 3.20. The fourth-order valence-corrected chi connectivity index (χ4v) is 3.37. The Morgan fingerprint density at radius 1 is 1.19 bits per heavy atom. The topological polar surface area (TPSA) is 47.0 Å². The molecule has 0 aliphatic carbocycles. The number of fused-ring (bicyclic) bond motifs is 1. The Bertz CT molecular complexity index is 724. The van der Waals surface area contributed by atoms with E-state index >= 15 is 0 Å². The summed E-state index contributed by atoms with van der Waals surface area (Å²) >= 11 is 1.78. The molecule has 0 aliphatic heterocycles. The molecule has 0 saturated carbocycles. The third kappa shape index (κ3) is 2.89. The van der Waals surface area contributed by atoms with Gasteiger partial charge in [0.2, 0.25) is 5.88 Å². The molecule has 5 heteroatoms. The third-order valence-corrected chi connectivity index (χ3v) is 4.57. The lowest BCUT2D eigenvalue weighted by molar-refractivity contribution is 0.389. The summed E-state index contributed by atoms with van der Waals surface area (Å²) in [7, 11) is 3.54. The van der Waals surface area contributed by atoms with Gasteiger partial charge in [-0.2, -0.15) is 5.10 Å². The van der Waals surface area contributed by atoms with Gasteiger partial charge in [-0.1, -0.05) is 18.2 Å². The second kappa shape index (κ2) is 6.20. The van der Waals surface area contributed by atoms with Crippen molar-refractivity contribution in [2.24, 2.45) is 0 Å². The Labute approximate surface area is 127 Å². The van der Waals surface area contributed by atoms with E-state index in [4.69, 9.17) is 4.74 Å². The van der Waals surface area contributed by atoms with Crippen molar-refractivity contribution < 1.29 is 4.74 Å². The number of hydrogen-bond donors (Lipinski definition) is 1. The molecular formula is C16H17N3OS. The first-order valence-electron chi connectivity index (χ1n) is 6.82. The van der Waals surface area contributed by atoms with Crippen LogP contribution in [-0.4, -0.2) is 24.4 Å². The highest BCUT2D eigenvalue weighted by Gasteiger charge is 2.15. The van der Waals surface area contributed by atoms with Crippen molar-refractivity contribution in [3.8, 4) is 5.88 Å². The molecule has 0 radical (unpaired) electrons. The van der Waals surface area contributed by atoms with Crippen LogP contribution in [0, 0.1) is 0 Å². The Morgan fingerprint density at radius 3 is 2.76 bits per heavy atom. The molecule has 0 aliphatic rings. The molecule has 1 N–H and O–H groups in total. The zero-order valence-electron chi connectivity index (χ0n) is 12.0. The molecule has 4 nitrogen and oxygen atoms in total. The SMILES string of the molecule is CNC(Cc1csc2ccccc12)c1ccc(OC)nn1. The normalized spacial score (nSPS) is 12.5. The van der Waals surface area contributed by atoms with Crippen LogP contribution in [0.5, 0.6) is 5.88 Å². The maximum absolute atomic E-state index is 5.05. The van der Waals surface area contributed by atoms with E-state index in [0.29, 0.717) is 5.88 Å². The Hall–Kier alpha value is -1.98. The van der Waals surface area contributed by atoms with E-state index < -0.39 is 0 Å². The fourth-order valence-electron chi connectivity index (χ4n) is 2.39. The van der Waals surface area contributed by atoms with Crippen LogP contribution < -0.4 is 10.1 Å². The number of nitrogens with zero attached hydrogens (tertiary/aromatic N) is 2. The van der Waals surface area contributed by atoms with Gasteiger partial charge in [0.25, 0.3) is 0 Å². The second-order valence-electron chi connectivity index (χ2n) is 4.80. The van der Waals surface area contributed by atoms with E-state index in [-0.39, 0.29) is 6.04 Å². The first kappa shape index (κ1) is 14.0. The largest absolute Gasteiger partial charge is 0.480 e. The van der Waals surface area contributed by atoms with Gasteiger partial charge in [-0.25, -0.2) is 0 Å². The zero-order valence-corrected chi connectivity index (χ0v) is 12.9. The molecule has 108 valence electrons. The molecule has 0 saturated heterocycles. The Morgan fingerprint density at radius 2 is 2.05 bits per heavy atom. The van der Waals surface area contributed by atoms with Crippen molar-refractivity contribution in [3.63, 3.8) is 0 Å². The van der Waals surface area contributed by atoms with E-state index in [1.165, 1.54) is 15.6 Å². The van der Waals surface area contributed by atoms with Gasteiger partial charge in [0.15, 0.2) is 0 Å². The number of nitrogens with one attached hydrogen (secondary N) is 1. The molecule has 2 heterocycles. The summed E-state index contributed by atoms with van der Waals surface area (Å²) in [4.78, 5) is 0. The third-order valence-electron chi connectivity index (χ3n) is 3.56. The van der Waals surface area contributed by atoms with Crippen LogP contribution in [0.2, 0.25) is 0 Å². The number of benzene rings is 1. The standard InChI is InChI=1S/C16H17N3OS/c1-17-14(13-7-8-16(20-2)19-18-13)9-11-10-21-15-6-4-3-5-12(11)15/h3-8,10,14,17H,9H2,1-2H3. The van der Waals surface area contributed by atoms with Crippen LogP contribution >= 0.6 is 11.3 Å². The summed E-state index contributed by atoms with van der Waals surface area (Å²) in [5, 5.41) is 15.2. The average Bonchev–Trinajstić information content (AvgIpc) is 2.96. The van der Waals surface area contributed by atoms with Gasteiger partial charge < -0.3 is 10.1 Å². The van der Waals surface area contributed by atoms with Crippen LogP contribution in [-0.2, 0) is 6.42 Å². The molecular weight excluding hydrogens is 282 g/mol. The van der Waals surface area contributed by atoms with Crippen LogP contribution in [0.3, 0.4) is 0 Å². The summed E-state index contributed by atoms with van der Waals surface area (Å²) in [6.45, 7) is 0. The van der Waals surface area contributed by atoms with Crippen molar-refractivity contribution >= 4 is 21.4 Å². The molecule has 0 spiro atoms. The molecule has 0 amide bonds. The Balaban J connectivity index is 1.86. The molecule has 1 unspecified atom stereocenters. The molecule has 2 aromatic heterocycles. The molecule has 0 bridgehead atoms. The molecule has 1 aromatic carbocycles. The van der Waals surface area contributed by atoms with Crippen LogP contribution in [0.1, 0.15) is 17.3 Å². The lowest BCUT2D eigenvalue weighted by Gasteiger charge is -2.15. The van der Waals surface area contributed by atoms with Gasteiger partial charge in [0, 0.05) is 10.8 Å². The van der Waals surface area contributed by atoms with E-state index in [1.54, 1.807) is 18.4 Å². The summed E-state index contributed by atoms with van der Waals surface area (Å²) < 4.78 is 6.38. The fraction of sp³-hybridized carbons (Fsp3) is 0.250. The minimum Gasteiger partial charge on any atom is -0.480 e. The van der Waals surface area contributed by atoms with Crippen LogP contribution in [0.25, 0.3) is 10.1 Å². The summed E-state index contributed by atoms with van der Waals surface area (Å²) in [6, 6.07) is 12.4. The average molecular weight is 299 g/mol. The number of likely N-dealkylation sites (N-methyl/N-ethyl adjacent to an activating group) is 1. The summed E-state index contributed by atoms with van der Waals surface area (Å²) in [6.07, 6.45) is 0.890. The smallest absolute Gasteiger partial charge is 0.233 e. The van der Waals surface area contributed by atoms with Gasteiger partial charge in [0.05, 0.1) is 18.8 Å². The van der Waals surface area contributed by atoms with Crippen molar-refractivity contribution in [1.82, 2.24) is 15.5 Å². The van der Waals surface area contributed by atoms with Crippen molar-refractivity contribution in [2.75, 3.05) is 14.2 Å². The highest BCUT2D eigenvalue weighted by molar-refractivity contribution is 7.17. The quantitative estimate of drug-likeness (QED) is 0.786. The number of rotatable bonds is 5. The second-order valence-corrected chi connectivity index (χ2v) is 5.71. The van der Waals surface area contributed by atoms with Gasteiger partial charge in [-0.15, -0.1) is 16.4 Å². The van der Waals surface area contributed by atoms with Crippen LogP contribution in [0.4, 0.5) is 0 Å². The van der Waals surface area contributed by atoms with E-state index in [0.717, 1.165) is 12.1 Å². The highest BCUT2D eigenvalue weighted by Crippen LogP contribution is 2.29. The first-order valence-corrected chi connectivity index (χ1v) is 7.69. The number of methoxy groups -OCH3 is 1. The molecule has 3 rings (SSSR count). The minimum atomic E-state index is 0.140. The highest BCUT2D eigenvalue weighted by atomic mass is 32.1. The number of aromatic nitrogens is 2. The van der Waals surface area contributed by atoms with E-state index in [1.807, 2.05) is 19.2 Å². The van der Waals surface area contributed by atoms with E-state index in [9.17, 15) is 0 Å². The van der Waals surface area contributed by atoms with Gasteiger partial charge >= 0.3 is 0 Å². The lowest BCUT2D eigenvalue weighted by atomic mass is 10.0. The lowest BCUT2D eigenvalue weighted by Crippen LogP contribution is -2.20. The molecule has 1 atom stereocenters. The maximum atomic E-state index is 5.05. The van der Waals surface area contributed by atoms with Crippen LogP contribution in [0.15, 0.2) is 41.8 Å². The van der Waals surface area contributed by atoms with Crippen molar-refractivity contribution in [1.29, 1.82) is 0 Å². The maximum Gasteiger partial charge on any atom is 0.233 e. The van der Waals surface area contributed by atoms with Gasteiger partial charge in [-0.3, -0.25) is 0 Å². The molecule has 3 aromatic rings. The number of hydrogen-bond acceptors (Lipinski definition) is 5. The predicted molar refractivity (Wildman–Crippen MR) is 85.9 cm³/mol. The van der Waals surface area contributed by atoms with Gasteiger partial charge in [0.1, 0.15) is 0 Å². The molecule has 0 fully saturated rings. The van der Waals surface area contributed by atoms with Crippen molar-refractivity contribution in [3.05, 3.63) is 53.0 Å². The van der Waals surface area contributed by atoms with E-state index in [2.05, 4.69) is 45.2 Å². The first-order chi connectivity index (χ1) is 10.3. The summed E-state index contributed by atoms with van der Waals surface area (Å²) in [5.74, 6) is 0.537. The number of ether oxygens (including phenoxy) is 1. The number of thiophene rings is 1.